The summed E-state index contributed by atoms with van der Waals surface area (Å²) in [4.78, 5) is 26.7. The van der Waals surface area contributed by atoms with Crippen LogP contribution in [0, 0.1) is 0 Å². The van der Waals surface area contributed by atoms with Crippen LogP contribution < -0.4 is 5.43 Å². The third-order valence-corrected chi connectivity index (χ3v) is 5.31. The van der Waals surface area contributed by atoms with Crippen LogP contribution in [-0.4, -0.2) is 53.8 Å². The largest absolute Gasteiger partial charge is 0.416 e. The molecule has 1 fully saturated rings. The average molecular weight is 458 g/mol. The summed E-state index contributed by atoms with van der Waals surface area (Å²) >= 11 is 0. The Bertz CT molecular complexity index is 1200. The Labute approximate surface area is 187 Å². The highest BCUT2D eigenvalue weighted by atomic mass is 19.4. The van der Waals surface area contributed by atoms with Gasteiger partial charge in [0.1, 0.15) is 6.54 Å². The molecule has 0 spiro atoms. The molecule has 2 amide bonds. The number of aromatic nitrogens is 1. The van der Waals surface area contributed by atoms with E-state index in [1.54, 1.807) is 11.1 Å². The Morgan fingerprint density at radius 2 is 1.85 bits per heavy atom. The number of hydrazone groups is 1. The fraction of sp³-hybridized carbons (Fsp3) is 0.261. The molecule has 1 saturated heterocycles. The van der Waals surface area contributed by atoms with Gasteiger partial charge >= 0.3 is 6.18 Å². The number of para-hydroxylation sites is 1. The van der Waals surface area contributed by atoms with Crippen molar-refractivity contribution in [1.82, 2.24) is 14.9 Å². The van der Waals surface area contributed by atoms with Gasteiger partial charge < -0.3 is 14.2 Å². The second kappa shape index (κ2) is 9.45. The first kappa shape index (κ1) is 22.5. The lowest BCUT2D eigenvalue weighted by Gasteiger charge is -2.27. The lowest BCUT2D eigenvalue weighted by Crippen LogP contribution is -2.42. The van der Waals surface area contributed by atoms with Crippen LogP contribution in [0.4, 0.5) is 13.2 Å². The lowest BCUT2D eigenvalue weighted by molar-refractivity contribution is -0.137. The first-order valence-corrected chi connectivity index (χ1v) is 10.3. The summed E-state index contributed by atoms with van der Waals surface area (Å²) < 4.78 is 45.7. The maximum absolute atomic E-state index is 12.9. The van der Waals surface area contributed by atoms with Gasteiger partial charge in [0.25, 0.3) is 5.91 Å². The van der Waals surface area contributed by atoms with Gasteiger partial charge in [-0.2, -0.15) is 18.3 Å². The van der Waals surface area contributed by atoms with E-state index < -0.39 is 17.6 Å². The number of alkyl halides is 3. The van der Waals surface area contributed by atoms with Gasteiger partial charge in [-0.3, -0.25) is 9.59 Å². The van der Waals surface area contributed by atoms with E-state index in [-0.39, 0.29) is 18.0 Å². The second-order valence-electron chi connectivity index (χ2n) is 7.50. The number of hydrogen-bond acceptors (Lipinski definition) is 4. The predicted octanol–water partition coefficient (Wildman–Crippen LogP) is 3.28. The quantitative estimate of drug-likeness (QED) is 0.471. The van der Waals surface area contributed by atoms with Gasteiger partial charge in [0.05, 0.1) is 25.0 Å². The van der Waals surface area contributed by atoms with Gasteiger partial charge in [0.15, 0.2) is 0 Å². The van der Waals surface area contributed by atoms with Crippen molar-refractivity contribution < 1.29 is 27.5 Å². The SMILES string of the molecule is O=C(N/N=C/c1cn(CC(=O)N2CCOCC2)c2ccccc12)c1cccc(C(F)(F)F)c1. The molecule has 33 heavy (non-hydrogen) atoms. The molecule has 1 aliphatic heterocycles. The van der Waals surface area contributed by atoms with Gasteiger partial charge in [-0.05, 0) is 24.3 Å². The monoisotopic (exact) mass is 458 g/mol. The van der Waals surface area contributed by atoms with Crippen molar-refractivity contribution in [3.8, 4) is 0 Å². The number of halogens is 3. The van der Waals surface area contributed by atoms with Crippen LogP contribution in [0.2, 0.25) is 0 Å². The van der Waals surface area contributed by atoms with Crippen LogP contribution in [0.15, 0.2) is 59.8 Å². The molecule has 2 aromatic carbocycles. The molecular formula is C23H21F3N4O3. The minimum Gasteiger partial charge on any atom is -0.378 e. The number of carbonyl (C=O) groups is 2. The highest BCUT2D eigenvalue weighted by Gasteiger charge is 2.30. The van der Waals surface area contributed by atoms with E-state index in [1.807, 2.05) is 28.8 Å². The van der Waals surface area contributed by atoms with Gasteiger partial charge in [-0.15, -0.1) is 0 Å². The summed E-state index contributed by atoms with van der Waals surface area (Å²) in [5.74, 6) is -0.788. The van der Waals surface area contributed by atoms with Crippen molar-refractivity contribution in [2.24, 2.45) is 5.10 Å². The van der Waals surface area contributed by atoms with Crippen LogP contribution in [0.3, 0.4) is 0 Å². The summed E-state index contributed by atoms with van der Waals surface area (Å²) in [7, 11) is 0. The van der Waals surface area contributed by atoms with Crippen molar-refractivity contribution in [1.29, 1.82) is 0 Å². The Kier molecular flexibility index (Phi) is 6.45. The lowest BCUT2D eigenvalue weighted by atomic mass is 10.1. The molecule has 0 aliphatic carbocycles. The summed E-state index contributed by atoms with van der Waals surface area (Å²) in [5, 5.41) is 4.73. The third-order valence-electron chi connectivity index (χ3n) is 5.31. The average Bonchev–Trinajstić information content (AvgIpc) is 3.16. The molecular weight excluding hydrogens is 437 g/mol. The number of morpholine rings is 1. The summed E-state index contributed by atoms with van der Waals surface area (Å²) in [6.45, 7) is 2.27. The Morgan fingerprint density at radius 3 is 2.61 bits per heavy atom. The predicted molar refractivity (Wildman–Crippen MR) is 116 cm³/mol. The van der Waals surface area contributed by atoms with E-state index in [9.17, 15) is 22.8 Å². The maximum Gasteiger partial charge on any atom is 0.416 e. The molecule has 2 heterocycles. The first-order chi connectivity index (χ1) is 15.8. The molecule has 0 saturated carbocycles. The van der Waals surface area contributed by atoms with Gasteiger partial charge in [-0.25, -0.2) is 5.43 Å². The zero-order valence-corrected chi connectivity index (χ0v) is 17.5. The van der Waals surface area contributed by atoms with Crippen molar-refractivity contribution in [3.63, 3.8) is 0 Å². The van der Waals surface area contributed by atoms with E-state index in [2.05, 4.69) is 10.5 Å². The minimum atomic E-state index is -4.54. The van der Waals surface area contributed by atoms with Gasteiger partial charge in [0, 0.05) is 41.3 Å². The zero-order valence-electron chi connectivity index (χ0n) is 17.5. The van der Waals surface area contributed by atoms with E-state index in [0.29, 0.717) is 31.9 Å². The molecule has 7 nitrogen and oxygen atoms in total. The number of rotatable bonds is 5. The van der Waals surface area contributed by atoms with Crippen LogP contribution in [0.1, 0.15) is 21.5 Å². The molecule has 1 aromatic heterocycles. The Morgan fingerprint density at radius 1 is 1.09 bits per heavy atom. The normalized spacial score (nSPS) is 14.7. The van der Waals surface area contributed by atoms with Crippen LogP contribution in [0.5, 0.6) is 0 Å². The summed E-state index contributed by atoms with van der Waals surface area (Å²) in [6, 6.07) is 11.6. The number of nitrogens with zero attached hydrogens (tertiary/aromatic N) is 3. The number of ether oxygens (including phenoxy) is 1. The van der Waals surface area contributed by atoms with E-state index in [4.69, 9.17) is 4.74 Å². The van der Waals surface area contributed by atoms with E-state index in [0.717, 1.165) is 23.0 Å². The van der Waals surface area contributed by atoms with Crippen LogP contribution >= 0.6 is 0 Å². The van der Waals surface area contributed by atoms with Crippen LogP contribution in [-0.2, 0) is 22.3 Å². The highest BCUT2D eigenvalue weighted by molar-refractivity contribution is 6.01. The van der Waals surface area contributed by atoms with Gasteiger partial charge in [0.2, 0.25) is 5.91 Å². The molecule has 0 radical (unpaired) electrons. The molecule has 0 bridgehead atoms. The number of nitrogens with one attached hydrogen (secondary N) is 1. The van der Waals surface area contributed by atoms with Crippen molar-refractivity contribution in [2.75, 3.05) is 26.3 Å². The standard InChI is InChI=1S/C23H21F3N4O3/c24-23(25,26)18-5-3-4-16(12-18)22(32)28-27-13-17-14-30(20-7-2-1-6-19(17)20)15-21(31)29-8-10-33-11-9-29/h1-7,12-14H,8-11,15H2,(H,28,32)/b27-13+. The molecule has 172 valence electrons. The van der Waals surface area contributed by atoms with E-state index >= 15 is 0 Å². The smallest absolute Gasteiger partial charge is 0.378 e. The number of fused-ring (bicyclic) bond motifs is 1. The second-order valence-corrected chi connectivity index (χ2v) is 7.50. The highest BCUT2D eigenvalue weighted by Crippen LogP contribution is 2.29. The number of benzene rings is 2. The topological polar surface area (TPSA) is 75.9 Å². The molecule has 3 aromatic rings. The molecule has 0 unspecified atom stereocenters. The minimum absolute atomic E-state index is 0.0274. The number of carbonyl (C=O) groups excluding carboxylic acids is 2. The molecule has 4 rings (SSSR count). The summed E-state index contributed by atoms with van der Waals surface area (Å²) in [6.07, 6.45) is -1.38. The molecule has 0 atom stereocenters. The maximum atomic E-state index is 12.9. The summed E-state index contributed by atoms with van der Waals surface area (Å²) in [5.41, 5.74) is 2.68. The zero-order chi connectivity index (χ0) is 23.4. The molecule has 1 N–H and O–H groups in total. The third kappa shape index (κ3) is 5.23. The first-order valence-electron chi connectivity index (χ1n) is 10.3. The number of amides is 2. The Balaban J connectivity index is 1.49. The molecule has 10 heteroatoms. The van der Waals surface area contributed by atoms with Crippen molar-refractivity contribution in [2.45, 2.75) is 12.7 Å². The fourth-order valence-corrected chi connectivity index (χ4v) is 3.63. The van der Waals surface area contributed by atoms with Crippen LogP contribution in [0.25, 0.3) is 10.9 Å². The van der Waals surface area contributed by atoms with E-state index in [1.165, 1.54) is 18.3 Å². The number of hydrogen-bond donors (Lipinski definition) is 1. The Hall–Kier alpha value is -3.66. The molecule has 1 aliphatic rings. The van der Waals surface area contributed by atoms with Crippen molar-refractivity contribution >= 4 is 28.9 Å². The van der Waals surface area contributed by atoms with Crippen molar-refractivity contribution in [3.05, 3.63) is 71.4 Å². The fourth-order valence-electron chi connectivity index (χ4n) is 3.63. The van der Waals surface area contributed by atoms with Gasteiger partial charge in [-0.1, -0.05) is 24.3 Å².